The summed E-state index contributed by atoms with van der Waals surface area (Å²) in [5.41, 5.74) is 4.71. The molecule has 1 fully saturated rings. The third-order valence-corrected chi connectivity index (χ3v) is 7.40. The molecule has 2 atom stereocenters. The smallest absolute Gasteiger partial charge is 0.120 e. The predicted octanol–water partition coefficient (Wildman–Crippen LogP) is 7.65. The normalized spacial score (nSPS) is 17.4. The van der Waals surface area contributed by atoms with Crippen LogP contribution in [0, 0.1) is 5.92 Å². The van der Waals surface area contributed by atoms with Crippen LogP contribution >= 0.6 is 23.2 Å². The number of aromatic nitrogens is 1. The highest BCUT2D eigenvalue weighted by Gasteiger charge is 2.30. The molecule has 2 aromatic carbocycles. The largest absolute Gasteiger partial charge is 0.493 e. The number of hydrogen-bond acceptors (Lipinski definition) is 4. The van der Waals surface area contributed by atoms with Crippen molar-refractivity contribution in [3.8, 4) is 5.75 Å². The highest BCUT2D eigenvalue weighted by atomic mass is 35.5. The average Bonchev–Trinajstić information content (AvgIpc) is 2.88. The van der Waals surface area contributed by atoms with Crippen LogP contribution in [0.25, 0.3) is 0 Å². The molecule has 4 rings (SSSR count). The van der Waals surface area contributed by atoms with Crippen molar-refractivity contribution >= 4 is 28.9 Å². The summed E-state index contributed by atoms with van der Waals surface area (Å²) in [6.45, 7) is 13.1. The van der Waals surface area contributed by atoms with Gasteiger partial charge < -0.3 is 9.64 Å². The highest BCUT2D eigenvalue weighted by Crippen LogP contribution is 2.38. The fourth-order valence-corrected chi connectivity index (χ4v) is 5.17. The number of aryl methyl sites for hydroxylation is 1. The molecule has 192 valence electrons. The Hall–Kier alpha value is -2.27. The third-order valence-electron chi connectivity index (χ3n) is 6.84. The van der Waals surface area contributed by atoms with E-state index >= 15 is 0 Å². The standard InChI is InChI=1S/C30H37Cl2N3O/c1-5-26-11-8-24(17-33-26)22(4)18-34-14-15-35(30(19-34)23-6-9-25(31)10-7-23)29-13-12-27(16-28(29)32)36-20-21(2)3/h6-13,16-17,21-22,30H,5,14-15,18-20H2,1-4H3/t22?,30-/m0/s1. The van der Waals surface area contributed by atoms with Crippen molar-refractivity contribution in [2.24, 2.45) is 5.92 Å². The number of hydrogen-bond donors (Lipinski definition) is 0. The Labute approximate surface area is 226 Å². The second kappa shape index (κ2) is 12.3. The molecule has 2 heterocycles. The van der Waals surface area contributed by atoms with Gasteiger partial charge in [-0.2, -0.15) is 0 Å². The van der Waals surface area contributed by atoms with Gasteiger partial charge in [-0.15, -0.1) is 0 Å². The molecular weight excluding hydrogens is 489 g/mol. The van der Waals surface area contributed by atoms with E-state index in [2.05, 4.69) is 72.8 Å². The van der Waals surface area contributed by atoms with Crippen LogP contribution in [0.1, 0.15) is 56.5 Å². The van der Waals surface area contributed by atoms with Crippen LogP contribution in [0.2, 0.25) is 10.0 Å². The van der Waals surface area contributed by atoms with Crippen LogP contribution < -0.4 is 9.64 Å². The van der Waals surface area contributed by atoms with E-state index in [1.807, 2.05) is 30.5 Å². The van der Waals surface area contributed by atoms with E-state index in [-0.39, 0.29) is 6.04 Å². The van der Waals surface area contributed by atoms with E-state index < -0.39 is 0 Å². The predicted molar refractivity (Wildman–Crippen MR) is 152 cm³/mol. The van der Waals surface area contributed by atoms with E-state index in [0.29, 0.717) is 18.4 Å². The van der Waals surface area contributed by atoms with E-state index in [4.69, 9.17) is 27.9 Å². The minimum atomic E-state index is 0.170. The van der Waals surface area contributed by atoms with Gasteiger partial charge in [0.2, 0.25) is 0 Å². The Morgan fingerprint density at radius 3 is 2.42 bits per heavy atom. The molecule has 0 bridgehead atoms. The first-order valence-corrected chi connectivity index (χ1v) is 13.7. The van der Waals surface area contributed by atoms with Gasteiger partial charge in [-0.1, -0.05) is 69.1 Å². The Balaban J connectivity index is 1.53. The summed E-state index contributed by atoms with van der Waals surface area (Å²) < 4.78 is 5.90. The molecule has 6 heteroatoms. The summed E-state index contributed by atoms with van der Waals surface area (Å²) in [6, 6.07) is 18.8. The molecule has 36 heavy (non-hydrogen) atoms. The molecule has 1 unspecified atom stereocenters. The van der Waals surface area contributed by atoms with Gasteiger partial charge in [0.1, 0.15) is 5.75 Å². The van der Waals surface area contributed by atoms with Crippen molar-refractivity contribution in [3.05, 3.63) is 87.7 Å². The van der Waals surface area contributed by atoms with Crippen molar-refractivity contribution in [1.29, 1.82) is 0 Å². The molecule has 0 spiro atoms. The van der Waals surface area contributed by atoms with Crippen LogP contribution in [0.5, 0.6) is 5.75 Å². The van der Waals surface area contributed by atoms with Crippen molar-refractivity contribution in [2.75, 3.05) is 37.7 Å². The van der Waals surface area contributed by atoms with Gasteiger partial charge in [-0.05, 0) is 59.7 Å². The van der Waals surface area contributed by atoms with Gasteiger partial charge in [0.05, 0.1) is 23.4 Å². The monoisotopic (exact) mass is 525 g/mol. The molecule has 0 radical (unpaired) electrons. The summed E-state index contributed by atoms with van der Waals surface area (Å²) >= 11 is 13.0. The van der Waals surface area contributed by atoms with Crippen molar-refractivity contribution in [2.45, 2.75) is 46.1 Å². The lowest BCUT2D eigenvalue weighted by atomic mass is 9.98. The molecule has 1 aromatic heterocycles. The number of benzene rings is 2. The van der Waals surface area contributed by atoms with Gasteiger partial charge >= 0.3 is 0 Å². The number of pyridine rings is 1. The fraction of sp³-hybridized carbons (Fsp3) is 0.433. The zero-order chi connectivity index (χ0) is 25.7. The first-order valence-electron chi connectivity index (χ1n) is 13.0. The number of ether oxygens (including phenoxy) is 1. The minimum Gasteiger partial charge on any atom is -0.493 e. The molecule has 1 aliphatic rings. The molecule has 0 aliphatic carbocycles. The van der Waals surface area contributed by atoms with Crippen molar-refractivity contribution < 1.29 is 4.74 Å². The van der Waals surface area contributed by atoms with Gasteiger partial charge in [0, 0.05) is 49.2 Å². The summed E-state index contributed by atoms with van der Waals surface area (Å²) in [5.74, 6) is 1.69. The second-order valence-corrected chi connectivity index (χ2v) is 11.0. The van der Waals surface area contributed by atoms with Crippen LogP contribution in [0.4, 0.5) is 5.69 Å². The average molecular weight is 527 g/mol. The van der Waals surface area contributed by atoms with Crippen molar-refractivity contribution in [1.82, 2.24) is 9.88 Å². The summed E-state index contributed by atoms with van der Waals surface area (Å²) in [6.07, 6.45) is 3.01. The first-order chi connectivity index (χ1) is 17.3. The van der Waals surface area contributed by atoms with Gasteiger partial charge in [0.15, 0.2) is 0 Å². The maximum absolute atomic E-state index is 6.82. The molecule has 0 N–H and O–H groups in total. The van der Waals surface area contributed by atoms with Crippen LogP contribution in [0.15, 0.2) is 60.8 Å². The topological polar surface area (TPSA) is 28.6 Å². The molecule has 0 saturated carbocycles. The van der Waals surface area contributed by atoms with Crippen LogP contribution in [-0.2, 0) is 6.42 Å². The summed E-state index contributed by atoms with van der Waals surface area (Å²) in [7, 11) is 0. The number of rotatable bonds is 9. The zero-order valence-electron chi connectivity index (χ0n) is 21.8. The Morgan fingerprint density at radius 2 is 1.78 bits per heavy atom. The summed E-state index contributed by atoms with van der Waals surface area (Å²) in [5, 5.41) is 1.47. The van der Waals surface area contributed by atoms with E-state index in [0.717, 1.165) is 59.8 Å². The lowest BCUT2D eigenvalue weighted by Crippen LogP contribution is -2.49. The zero-order valence-corrected chi connectivity index (χ0v) is 23.3. The molecule has 1 aliphatic heterocycles. The lowest BCUT2D eigenvalue weighted by Gasteiger charge is -2.44. The maximum Gasteiger partial charge on any atom is 0.120 e. The van der Waals surface area contributed by atoms with Crippen LogP contribution in [0.3, 0.4) is 0 Å². The van der Waals surface area contributed by atoms with Crippen molar-refractivity contribution in [3.63, 3.8) is 0 Å². The highest BCUT2D eigenvalue weighted by molar-refractivity contribution is 6.33. The molecule has 1 saturated heterocycles. The first kappa shape index (κ1) is 26.8. The van der Waals surface area contributed by atoms with Gasteiger partial charge in [0.25, 0.3) is 0 Å². The van der Waals surface area contributed by atoms with E-state index in [1.165, 1.54) is 11.1 Å². The van der Waals surface area contributed by atoms with E-state index in [9.17, 15) is 0 Å². The molecular formula is C30H37Cl2N3O. The molecule has 0 amide bonds. The quantitative estimate of drug-likeness (QED) is 0.286. The van der Waals surface area contributed by atoms with Gasteiger partial charge in [-0.25, -0.2) is 0 Å². The SMILES string of the molecule is CCc1ccc(C(C)CN2CCN(c3ccc(OCC(C)C)cc3Cl)[C@H](c3ccc(Cl)cc3)C2)cn1. The Bertz CT molecular complexity index is 1120. The maximum atomic E-state index is 6.82. The number of anilines is 1. The fourth-order valence-electron chi connectivity index (χ4n) is 4.77. The van der Waals surface area contributed by atoms with Crippen LogP contribution in [-0.4, -0.2) is 42.7 Å². The number of piperazine rings is 1. The second-order valence-electron chi connectivity index (χ2n) is 10.2. The van der Waals surface area contributed by atoms with E-state index in [1.54, 1.807) is 0 Å². The molecule has 4 nitrogen and oxygen atoms in total. The Morgan fingerprint density at radius 1 is 1.00 bits per heavy atom. The number of halogens is 2. The molecule has 3 aromatic rings. The van der Waals surface area contributed by atoms with Gasteiger partial charge in [-0.3, -0.25) is 9.88 Å². The Kier molecular flexibility index (Phi) is 9.16. The minimum absolute atomic E-state index is 0.170. The third kappa shape index (κ3) is 6.73. The lowest BCUT2D eigenvalue weighted by molar-refractivity contribution is 0.214. The number of nitrogens with zero attached hydrogens (tertiary/aromatic N) is 3. The summed E-state index contributed by atoms with van der Waals surface area (Å²) in [4.78, 5) is 9.59.